The fourth-order valence-corrected chi connectivity index (χ4v) is 4.26. The number of halogens is 1. The van der Waals surface area contributed by atoms with E-state index >= 15 is 0 Å². The second-order valence-corrected chi connectivity index (χ2v) is 8.18. The number of H-pyrrole nitrogens is 1. The Morgan fingerprint density at radius 2 is 1.87 bits per heavy atom. The first-order valence-electron chi connectivity index (χ1n) is 10.3. The van der Waals surface area contributed by atoms with Crippen molar-refractivity contribution in [2.24, 2.45) is 0 Å². The third-order valence-corrected chi connectivity index (χ3v) is 6.17. The van der Waals surface area contributed by atoms with Gasteiger partial charge in [-0.3, -0.25) is 4.79 Å². The molecule has 1 aromatic heterocycles. The molecule has 1 atom stereocenters. The fraction of sp³-hybridized carbons (Fsp3) is 0.304. The molecule has 3 aromatic rings. The highest BCUT2D eigenvalue weighted by molar-refractivity contribution is 6.31. The van der Waals surface area contributed by atoms with Gasteiger partial charge in [-0.25, -0.2) is 4.79 Å². The van der Waals surface area contributed by atoms with Crippen LogP contribution < -0.4 is 15.1 Å². The van der Waals surface area contributed by atoms with Crippen molar-refractivity contribution in [1.29, 1.82) is 0 Å². The number of anilines is 2. The summed E-state index contributed by atoms with van der Waals surface area (Å²) in [6.45, 7) is 5.39. The van der Waals surface area contributed by atoms with Gasteiger partial charge in [-0.05, 0) is 37.3 Å². The van der Waals surface area contributed by atoms with Crippen LogP contribution in [-0.4, -0.2) is 56.2 Å². The molecule has 3 N–H and O–H groups in total. The zero-order chi connectivity index (χ0) is 22.0. The number of fused-ring (bicyclic) bond motifs is 1. The summed E-state index contributed by atoms with van der Waals surface area (Å²) in [6, 6.07) is 15.3. The molecule has 1 amide bonds. The van der Waals surface area contributed by atoms with E-state index in [1.54, 1.807) is 18.2 Å². The third kappa shape index (κ3) is 4.38. The standard InChI is InChI=1S/C23H25ClN4O3/c1-15(27-10-12-28(13-11-27)17-6-4-3-5-7-17)22(29)26-20-18-14-16(24)8-9-19(18)25-21(20)23(30)31-2/h3-9,14-15,25H,10-13H2,1-2H3,(H,26,29)/p+1/t15-/m0/s1. The number of para-hydroxylation sites is 1. The minimum absolute atomic E-state index is 0.144. The topological polar surface area (TPSA) is 78.9 Å². The Balaban J connectivity index is 1.49. The number of amides is 1. The van der Waals surface area contributed by atoms with Crippen LogP contribution in [0.15, 0.2) is 48.5 Å². The van der Waals surface area contributed by atoms with Crippen molar-refractivity contribution in [3.8, 4) is 0 Å². The van der Waals surface area contributed by atoms with Crippen molar-refractivity contribution < 1.29 is 19.2 Å². The largest absolute Gasteiger partial charge is 0.464 e. The van der Waals surface area contributed by atoms with Crippen LogP contribution in [0.5, 0.6) is 0 Å². The number of nitrogens with one attached hydrogen (secondary N) is 3. The van der Waals surface area contributed by atoms with Gasteiger partial charge in [-0.1, -0.05) is 29.8 Å². The maximum Gasteiger partial charge on any atom is 0.356 e. The van der Waals surface area contributed by atoms with Crippen LogP contribution in [-0.2, 0) is 9.53 Å². The zero-order valence-corrected chi connectivity index (χ0v) is 18.3. The van der Waals surface area contributed by atoms with Crippen molar-refractivity contribution in [3.63, 3.8) is 0 Å². The van der Waals surface area contributed by atoms with E-state index in [1.807, 2.05) is 25.1 Å². The van der Waals surface area contributed by atoms with Crippen molar-refractivity contribution in [1.82, 2.24) is 4.98 Å². The van der Waals surface area contributed by atoms with Crippen molar-refractivity contribution in [3.05, 3.63) is 59.2 Å². The number of piperazine rings is 1. The number of aromatic nitrogens is 1. The molecule has 31 heavy (non-hydrogen) atoms. The van der Waals surface area contributed by atoms with Crippen molar-refractivity contribution in [2.45, 2.75) is 13.0 Å². The molecule has 0 saturated carbocycles. The van der Waals surface area contributed by atoms with Crippen LogP contribution in [0.1, 0.15) is 17.4 Å². The number of hydrogen-bond donors (Lipinski definition) is 3. The first kappa shape index (κ1) is 21.2. The number of quaternary nitrogens is 1. The lowest BCUT2D eigenvalue weighted by Gasteiger charge is -2.36. The molecule has 0 radical (unpaired) electrons. The smallest absolute Gasteiger partial charge is 0.356 e. The van der Waals surface area contributed by atoms with Gasteiger partial charge in [0.25, 0.3) is 5.91 Å². The lowest BCUT2D eigenvalue weighted by Crippen LogP contribution is -3.19. The first-order valence-corrected chi connectivity index (χ1v) is 10.7. The molecule has 162 valence electrons. The number of hydrogen-bond acceptors (Lipinski definition) is 4. The van der Waals surface area contributed by atoms with Crippen LogP contribution in [0, 0.1) is 0 Å². The minimum Gasteiger partial charge on any atom is -0.464 e. The molecule has 2 heterocycles. The molecule has 1 saturated heterocycles. The Labute approximate surface area is 185 Å². The molecule has 0 unspecified atom stereocenters. The van der Waals surface area contributed by atoms with Crippen LogP contribution in [0.3, 0.4) is 0 Å². The average molecular weight is 442 g/mol. The predicted octanol–water partition coefficient (Wildman–Crippen LogP) is 2.34. The maximum atomic E-state index is 13.1. The lowest BCUT2D eigenvalue weighted by molar-refractivity contribution is -0.914. The number of nitrogens with zero attached hydrogens (tertiary/aromatic N) is 1. The number of ether oxygens (including phenoxy) is 1. The molecule has 8 heteroatoms. The number of carbonyl (C=O) groups is 2. The summed E-state index contributed by atoms with van der Waals surface area (Å²) in [5.41, 5.74) is 2.53. The number of methoxy groups -OCH3 is 1. The van der Waals surface area contributed by atoms with Gasteiger partial charge in [0, 0.05) is 21.6 Å². The van der Waals surface area contributed by atoms with Gasteiger partial charge in [0.1, 0.15) is 5.69 Å². The Hall–Kier alpha value is -3.03. The maximum absolute atomic E-state index is 13.1. The second-order valence-electron chi connectivity index (χ2n) is 7.75. The average Bonchev–Trinajstić information content (AvgIpc) is 3.16. The summed E-state index contributed by atoms with van der Waals surface area (Å²) in [5.74, 6) is -0.687. The van der Waals surface area contributed by atoms with Gasteiger partial charge < -0.3 is 24.8 Å². The van der Waals surface area contributed by atoms with E-state index in [9.17, 15) is 9.59 Å². The summed E-state index contributed by atoms with van der Waals surface area (Å²) in [6.07, 6.45) is 0. The highest BCUT2D eigenvalue weighted by Gasteiger charge is 2.31. The van der Waals surface area contributed by atoms with Gasteiger partial charge >= 0.3 is 5.97 Å². The minimum atomic E-state index is -0.543. The van der Waals surface area contributed by atoms with E-state index in [2.05, 4.69) is 27.3 Å². The molecule has 0 spiro atoms. The number of aromatic amines is 1. The molecule has 1 fully saturated rings. The van der Waals surface area contributed by atoms with Crippen molar-refractivity contribution in [2.75, 3.05) is 43.5 Å². The SMILES string of the molecule is COC(=O)c1[nH]c2ccc(Cl)cc2c1NC(=O)[C@H](C)[NH+]1CCN(c2ccccc2)CC1. The summed E-state index contributed by atoms with van der Waals surface area (Å²) in [5, 5.41) is 4.15. The summed E-state index contributed by atoms with van der Waals surface area (Å²) in [4.78, 5) is 31.9. The van der Waals surface area contributed by atoms with E-state index in [4.69, 9.17) is 16.3 Å². The Morgan fingerprint density at radius 3 is 2.55 bits per heavy atom. The number of benzene rings is 2. The van der Waals surface area contributed by atoms with Gasteiger partial charge in [0.2, 0.25) is 0 Å². The molecule has 7 nitrogen and oxygen atoms in total. The summed E-state index contributed by atoms with van der Waals surface area (Å²) in [7, 11) is 1.31. The highest BCUT2D eigenvalue weighted by atomic mass is 35.5. The van der Waals surface area contributed by atoms with E-state index in [1.165, 1.54) is 17.7 Å². The second kappa shape index (κ2) is 8.99. The van der Waals surface area contributed by atoms with E-state index in [-0.39, 0.29) is 17.6 Å². The molecule has 0 bridgehead atoms. The Bertz CT molecular complexity index is 1090. The van der Waals surface area contributed by atoms with Crippen LogP contribution >= 0.6 is 11.6 Å². The zero-order valence-electron chi connectivity index (χ0n) is 17.6. The predicted molar refractivity (Wildman–Crippen MR) is 122 cm³/mol. The van der Waals surface area contributed by atoms with Crippen LogP contribution in [0.25, 0.3) is 10.9 Å². The van der Waals surface area contributed by atoms with Gasteiger partial charge in [0.05, 0.1) is 39.0 Å². The Morgan fingerprint density at radius 1 is 1.16 bits per heavy atom. The number of rotatable bonds is 5. The van der Waals surface area contributed by atoms with Crippen LogP contribution in [0.4, 0.5) is 11.4 Å². The first-order chi connectivity index (χ1) is 15.0. The van der Waals surface area contributed by atoms with Crippen molar-refractivity contribution >= 4 is 45.8 Å². The quantitative estimate of drug-likeness (QED) is 0.531. The molecule has 2 aromatic carbocycles. The normalized spacial score (nSPS) is 15.6. The van der Waals surface area contributed by atoms with Gasteiger partial charge in [0.15, 0.2) is 6.04 Å². The third-order valence-electron chi connectivity index (χ3n) is 5.93. The fourth-order valence-electron chi connectivity index (χ4n) is 4.09. The highest BCUT2D eigenvalue weighted by Crippen LogP contribution is 2.30. The molecular weight excluding hydrogens is 416 g/mol. The summed E-state index contributed by atoms with van der Waals surface area (Å²) < 4.78 is 4.88. The lowest BCUT2D eigenvalue weighted by atomic mass is 10.1. The van der Waals surface area contributed by atoms with Gasteiger partial charge in [-0.2, -0.15) is 0 Å². The molecular formula is C23H26ClN4O3+. The molecule has 1 aliphatic rings. The monoisotopic (exact) mass is 441 g/mol. The van der Waals surface area contributed by atoms with E-state index in [0.29, 0.717) is 21.6 Å². The van der Waals surface area contributed by atoms with E-state index in [0.717, 1.165) is 26.2 Å². The summed E-state index contributed by atoms with van der Waals surface area (Å²) >= 11 is 6.15. The molecule has 1 aliphatic heterocycles. The van der Waals surface area contributed by atoms with Gasteiger partial charge in [-0.15, -0.1) is 0 Å². The number of esters is 1. The van der Waals surface area contributed by atoms with E-state index < -0.39 is 5.97 Å². The number of carbonyl (C=O) groups excluding carboxylic acids is 2. The molecule has 0 aliphatic carbocycles. The van der Waals surface area contributed by atoms with Crippen LogP contribution in [0.2, 0.25) is 5.02 Å². The Kier molecular flexibility index (Phi) is 6.15. The molecule has 4 rings (SSSR count).